The smallest absolute Gasteiger partial charge is 0.264 e. The Morgan fingerprint density at radius 2 is 1.93 bits per heavy atom. The van der Waals surface area contributed by atoms with Gasteiger partial charge in [-0.25, -0.2) is 0 Å². The summed E-state index contributed by atoms with van der Waals surface area (Å²) in [7, 11) is -3.33. The first-order valence-electron chi connectivity index (χ1n) is 4.90. The first kappa shape index (κ1) is 14.3. The molecule has 0 aromatic rings. The summed E-state index contributed by atoms with van der Waals surface area (Å²) in [6.07, 6.45) is 7.85. The van der Waals surface area contributed by atoms with Crippen molar-refractivity contribution in [3.8, 4) is 0 Å². The SMILES string of the molecule is CC(=O)CCCC/C=C/COS(C)(=O)=O. The van der Waals surface area contributed by atoms with Crippen LogP contribution in [-0.2, 0) is 19.1 Å². The molecule has 0 aliphatic rings. The quantitative estimate of drug-likeness (QED) is 0.364. The molecule has 0 saturated heterocycles. The van der Waals surface area contributed by atoms with E-state index in [-0.39, 0.29) is 12.4 Å². The number of allylic oxidation sites excluding steroid dienone is 1. The first-order valence-corrected chi connectivity index (χ1v) is 6.72. The number of Topliss-reactive ketones (excluding diaryl/α,β-unsaturated/α-hetero) is 1. The van der Waals surface area contributed by atoms with E-state index >= 15 is 0 Å². The molecule has 0 aliphatic heterocycles. The summed E-state index contributed by atoms with van der Waals surface area (Å²) in [5.74, 6) is 0.208. The molecule has 88 valence electrons. The van der Waals surface area contributed by atoms with Gasteiger partial charge in [-0.15, -0.1) is 0 Å². The summed E-state index contributed by atoms with van der Waals surface area (Å²) in [6, 6.07) is 0. The van der Waals surface area contributed by atoms with Crippen molar-refractivity contribution in [3.63, 3.8) is 0 Å². The third kappa shape index (κ3) is 13.3. The summed E-state index contributed by atoms with van der Waals surface area (Å²) in [5, 5.41) is 0. The summed E-state index contributed by atoms with van der Waals surface area (Å²) in [6.45, 7) is 1.67. The molecule has 15 heavy (non-hydrogen) atoms. The number of carbonyl (C=O) groups is 1. The lowest BCUT2D eigenvalue weighted by molar-refractivity contribution is -0.117. The zero-order valence-corrected chi connectivity index (χ0v) is 10.0. The molecule has 0 heterocycles. The maximum absolute atomic E-state index is 10.6. The number of rotatable bonds is 8. The van der Waals surface area contributed by atoms with Gasteiger partial charge in [-0.2, -0.15) is 8.42 Å². The Bertz CT molecular complexity index is 303. The predicted octanol–water partition coefficient (Wildman–Crippen LogP) is 1.67. The summed E-state index contributed by atoms with van der Waals surface area (Å²) >= 11 is 0. The lowest BCUT2D eigenvalue weighted by atomic mass is 10.1. The third-order valence-corrected chi connectivity index (χ3v) is 2.26. The zero-order valence-electron chi connectivity index (χ0n) is 9.23. The maximum Gasteiger partial charge on any atom is 0.264 e. The lowest BCUT2D eigenvalue weighted by Gasteiger charge is -1.95. The number of carbonyl (C=O) groups excluding carboxylic acids is 1. The average molecular weight is 234 g/mol. The Kier molecular flexibility index (Phi) is 7.25. The van der Waals surface area contributed by atoms with E-state index in [1.165, 1.54) is 0 Å². The van der Waals surface area contributed by atoms with E-state index in [1.807, 2.05) is 6.08 Å². The van der Waals surface area contributed by atoms with E-state index in [9.17, 15) is 13.2 Å². The Labute approximate surface area is 91.4 Å². The van der Waals surface area contributed by atoms with Gasteiger partial charge < -0.3 is 4.79 Å². The van der Waals surface area contributed by atoms with Crippen LogP contribution in [0.4, 0.5) is 0 Å². The molecule has 0 radical (unpaired) electrons. The van der Waals surface area contributed by atoms with Crippen LogP contribution in [0.3, 0.4) is 0 Å². The van der Waals surface area contributed by atoms with E-state index in [0.29, 0.717) is 6.42 Å². The fourth-order valence-corrected chi connectivity index (χ4v) is 1.31. The van der Waals surface area contributed by atoms with E-state index in [4.69, 9.17) is 0 Å². The molecular formula is C10H18O4S. The minimum absolute atomic E-state index is 0.0888. The van der Waals surface area contributed by atoms with Crippen LogP contribution in [0, 0.1) is 0 Å². The van der Waals surface area contributed by atoms with Crippen molar-refractivity contribution in [1.82, 2.24) is 0 Å². The van der Waals surface area contributed by atoms with Gasteiger partial charge >= 0.3 is 0 Å². The van der Waals surface area contributed by atoms with Crippen molar-refractivity contribution in [2.75, 3.05) is 12.9 Å². The van der Waals surface area contributed by atoms with Crippen molar-refractivity contribution >= 4 is 15.9 Å². The van der Waals surface area contributed by atoms with Gasteiger partial charge in [-0.05, 0) is 26.2 Å². The van der Waals surface area contributed by atoms with Gasteiger partial charge in [0.05, 0.1) is 12.9 Å². The van der Waals surface area contributed by atoms with Crippen molar-refractivity contribution in [2.45, 2.75) is 32.6 Å². The van der Waals surface area contributed by atoms with Gasteiger partial charge in [-0.1, -0.05) is 12.2 Å². The van der Waals surface area contributed by atoms with Gasteiger partial charge in [0.15, 0.2) is 0 Å². The summed E-state index contributed by atoms with van der Waals surface area (Å²) < 4.78 is 25.6. The van der Waals surface area contributed by atoms with Crippen LogP contribution < -0.4 is 0 Å². The zero-order chi connectivity index (χ0) is 11.7. The first-order chi connectivity index (χ1) is 6.92. The standard InChI is InChI=1S/C10H18O4S/c1-10(11)8-6-4-3-5-7-9-14-15(2,12)13/h5,7H,3-4,6,8-9H2,1-2H3/b7-5+. The summed E-state index contributed by atoms with van der Waals surface area (Å²) in [4.78, 5) is 10.6. The third-order valence-electron chi connectivity index (χ3n) is 1.69. The van der Waals surface area contributed by atoms with E-state index in [1.54, 1.807) is 13.0 Å². The molecule has 0 aromatic heterocycles. The molecule has 0 rings (SSSR count). The fraction of sp³-hybridized carbons (Fsp3) is 0.700. The van der Waals surface area contributed by atoms with Crippen molar-refractivity contribution in [2.24, 2.45) is 0 Å². The van der Waals surface area contributed by atoms with Gasteiger partial charge in [0.2, 0.25) is 0 Å². The average Bonchev–Trinajstić information content (AvgIpc) is 2.07. The molecule has 0 bridgehead atoms. The van der Waals surface area contributed by atoms with Crippen molar-refractivity contribution in [1.29, 1.82) is 0 Å². The highest BCUT2D eigenvalue weighted by Gasteiger charge is 1.97. The number of hydrogen-bond acceptors (Lipinski definition) is 4. The van der Waals surface area contributed by atoms with Crippen LogP contribution in [0.5, 0.6) is 0 Å². The highest BCUT2D eigenvalue weighted by atomic mass is 32.2. The number of unbranched alkanes of at least 4 members (excludes halogenated alkanes) is 2. The van der Waals surface area contributed by atoms with Crippen molar-refractivity contribution < 1.29 is 17.4 Å². The highest BCUT2D eigenvalue weighted by Crippen LogP contribution is 2.01. The topological polar surface area (TPSA) is 60.4 Å². The lowest BCUT2D eigenvalue weighted by Crippen LogP contribution is -2.01. The van der Waals surface area contributed by atoms with Gasteiger partial charge in [0, 0.05) is 6.42 Å². The van der Waals surface area contributed by atoms with Gasteiger partial charge in [0.25, 0.3) is 10.1 Å². The summed E-state index contributed by atoms with van der Waals surface area (Å²) in [5.41, 5.74) is 0. The Morgan fingerprint density at radius 1 is 1.27 bits per heavy atom. The van der Waals surface area contributed by atoms with E-state index < -0.39 is 10.1 Å². The molecular weight excluding hydrogens is 216 g/mol. The van der Waals surface area contributed by atoms with Crippen molar-refractivity contribution in [3.05, 3.63) is 12.2 Å². The molecule has 0 N–H and O–H groups in total. The van der Waals surface area contributed by atoms with Crippen LogP contribution in [0.1, 0.15) is 32.6 Å². The Balaban J connectivity index is 3.36. The Morgan fingerprint density at radius 3 is 2.47 bits per heavy atom. The molecule has 0 amide bonds. The van der Waals surface area contributed by atoms with Crippen LogP contribution in [0.25, 0.3) is 0 Å². The Hall–Kier alpha value is -0.680. The molecule has 0 aromatic carbocycles. The van der Waals surface area contributed by atoms with E-state index in [0.717, 1.165) is 25.5 Å². The second-order valence-corrected chi connectivity index (χ2v) is 5.05. The highest BCUT2D eigenvalue weighted by molar-refractivity contribution is 7.85. The normalized spacial score (nSPS) is 12.1. The molecule has 0 aliphatic carbocycles. The molecule has 4 nitrogen and oxygen atoms in total. The minimum Gasteiger partial charge on any atom is -0.300 e. The van der Waals surface area contributed by atoms with E-state index in [2.05, 4.69) is 4.18 Å². The monoisotopic (exact) mass is 234 g/mol. The molecule has 0 atom stereocenters. The number of ketones is 1. The molecule has 0 fully saturated rings. The van der Waals surface area contributed by atoms with Crippen LogP contribution >= 0.6 is 0 Å². The minimum atomic E-state index is -3.33. The van der Waals surface area contributed by atoms with Gasteiger partial charge in [-0.3, -0.25) is 4.18 Å². The predicted molar refractivity (Wildman–Crippen MR) is 59.1 cm³/mol. The second-order valence-electron chi connectivity index (χ2n) is 3.41. The van der Waals surface area contributed by atoms with Gasteiger partial charge in [0.1, 0.15) is 5.78 Å². The van der Waals surface area contributed by atoms with Crippen LogP contribution in [0.2, 0.25) is 0 Å². The molecule has 0 saturated carbocycles. The fourth-order valence-electron chi connectivity index (χ4n) is 0.985. The molecule has 0 spiro atoms. The largest absolute Gasteiger partial charge is 0.300 e. The van der Waals surface area contributed by atoms with Crippen LogP contribution in [0.15, 0.2) is 12.2 Å². The molecule has 5 heteroatoms. The maximum atomic E-state index is 10.6. The molecule has 0 unspecified atom stereocenters. The second kappa shape index (κ2) is 7.59. The number of hydrogen-bond donors (Lipinski definition) is 0. The van der Waals surface area contributed by atoms with Crippen LogP contribution in [-0.4, -0.2) is 27.1 Å².